The molecule has 0 bridgehead atoms. The highest BCUT2D eigenvalue weighted by atomic mass is 16.5. The van der Waals surface area contributed by atoms with Gasteiger partial charge in [-0.15, -0.1) is 0 Å². The van der Waals surface area contributed by atoms with Gasteiger partial charge < -0.3 is 4.74 Å². The standard InChI is InChI=1S/C11H23NO/c1-9(2)13-8-10-6-7-12(10)11(3,4)5/h9-10H,6-8H2,1-5H3. The summed E-state index contributed by atoms with van der Waals surface area (Å²) in [5.41, 5.74) is 0.309. The van der Waals surface area contributed by atoms with Crippen LogP contribution in [0.1, 0.15) is 41.0 Å². The van der Waals surface area contributed by atoms with E-state index in [1.54, 1.807) is 0 Å². The summed E-state index contributed by atoms with van der Waals surface area (Å²) >= 11 is 0. The SMILES string of the molecule is CC(C)OCC1CCN1C(C)(C)C. The molecule has 1 atom stereocenters. The van der Waals surface area contributed by atoms with Crippen LogP contribution in [0.15, 0.2) is 0 Å². The molecule has 0 amide bonds. The highest BCUT2D eigenvalue weighted by Crippen LogP contribution is 2.27. The van der Waals surface area contributed by atoms with Crippen molar-refractivity contribution in [2.75, 3.05) is 13.2 Å². The lowest BCUT2D eigenvalue weighted by atomic mass is 9.94. The molecule has 0 aromatic carbocycles. The van der Waals surface area contributed by atoms with Gasteiger partial charge in [0.2, 0.25) is 0 Å². The molecule has 1 saturated heterocycles. The van der Waals surface area contributed by atoms with E-state index in [-0.39, 0.29) is 0 Å². The van der Waals surface area contributed by atoms with Crippen molar-refractivity contribution >= 4 is 0 Å². The van der Waals surface area contributed by atoms with E-state index in [1.807, 2.05) is 0 Å². The average Bonchev–Trinajstić information content (AvgIpc) is 1.79. The maximum Gasteiger partial charge on any atom is 0.0626 e. The predicted octanol–water partition coefficient (Wildman–Crippen LogP) is 2.28. The first-order valence-electron chi connectivity index (χ1n) is 5.29. The van der Waals surface area contributed by atoms with Crippen molar-refractivity contribution in [1.82, 2.24) is 4.90 Å². The molecule has 2 nitrogen and oxygen atoms in total. The Morgan fingerprint density at radius 2 is 2.00 bits per heavy atom. The smallest absolute Gasteiger partial charge is 0.0626 e. The zero-order chi connectivity index (χ0) is 10.1. The fourth-order valence-corrected chi connectivity index (χ4v) is 1.80. The fraction of sp³-hybridized carbons (Fsp3) is 1.00. The van der Waals surface area contributed by atoms with Gasteiger partial charge in [-0.3, -0.25) is 4.90 Å². The lowest BCUT2D eigenvalue weighted by molar-refractivity contribution is -0.0589. The van der Waals surface area contributed by atoms with E-state index in [2.05, 4.69) is 39.5 Å². The van der Waals surface area contributed by atoms with Crippen molar-refractivity contribution in [2.45, 2.75) is 58.7 Å². The van der Waals surface area contributed by atoms with Crippen molar-refractivity contribution in [3.63, 3.8) is 0 Å². The summed E-state index contributed by atoms with van der Waals surface area (Å²) in [7, 11) is 0. The molecule has 0 aromatic rings. The van der Waals surface area contributed by atoms with E-state index >= 15 is 0 Å². The molecule has 2 heteroatoms. The Morgan fingerprint density at radius 3 is 2.31 bits per heavy atom. The van der Waals surface area contributed by atoms with Crippen LogP contribution in [0.4, 0.5) is 0 Å². The molecule has 0 spiro atoms. The maximum absolute atomic E-state index is 5.63. The van der Waals surface area contributed by atoms with Crippen LogP contribution >= 0.6 is 0 Å². The van der Waals surface area contributed by atoms with Gasteiger partial charge in [0.1, 0.15) is 0 Å². The topological polar surface area (TPSA) is 12.5 Å². The largest absolute Gasteiger partial charge is 0.377 e. The Balaban J connectivity index is 2.29. The maximum atomic E-state index is 5.63. The first-order chi connectivity index (χ1) is 5.91. The highest BCUT2D eigenvalue weighted by molar-refractivity contribution is 4.91. The van der Waals surface area contributed by atoms with Crippen molar-refractivity contribution in [3.8, 4) is 0 Å². The number of hydrogen-bond acceptors (Lipinski definition) is 2. The molecular formula is C11H23NO. The summed E-state index contributed by atoms with van der Waals surface area (Å²) in [6.45, 7) is 13.1. The monoisotopic (exact) mass is 185 g/mol. The molecule has 1 aliphatic rings. The van der Waals surface area contributed by atoms with Crippen LogP contribution in [0, 0.1) is 0 Å². The molecule has 1 heterocycles. The molecule has 1 aliphatic heterocycles. The van der Waals surface area contributed by atoms with Crippen LogP contribution in [-0.4, -0.2) is 35.7 Å². The Morgan fingerprint density at radius 1 is 1.38 bits per heavy atom. The molecule has 0 saturated carbocycles. The Bertz CT molecular complexity index is 160. The van der Waals surface area contributed by atoms with Gasteiger partial charge in [-0.25, -0.2) is 0 Å². The third-order valence-corrected chi connectivity index (χ3v) is 2.63. The minimum absolute atomic E-state index is 0.309. The van der Waals surface area contributed by atoms with Crippen LogP contribution in [0.2, 0.25) is 0 Å². The van der Waals surface area contributed by atoms with Gasteiger partial charge in [0.05, 0.1) is 12.7 Å². The number of likely N-dealkylation sites (tertiary alicyclic amines) is 1. The quantitative estimate of drug-likeness (QED) is 0.669. The number of ether oxygens (including phenoxy) is 1. The lowest BCUT2D eigenvalue weighted by Gasteiger charge is -2.49. The Hall–Kier alpha value is -0.0800. The first-order valence-corrected chi connectivity index (χ1v) is 5.29. The predicted molar refractivity (Wildman–Crippen MR) is 56.0 cm³/mol. The molecule has 1 fully saturated rings. The highest BCUT2D eigenvalue weighted by Gasteiger charge is 2.35. The third-order valence-electron chi connectivity index (χ3n) is 2.63. The van der Waals surface area contributed by atoms with Crippen molar-refractivity contribution in [3.05, 3.63) is 0 Å². The minimum Gasteiger partial charge on any atom is -0.377 e. The molecule has 13 heavy (non-hydrogen) atoms. The van der Waals surface area contributed by atoms with Crippen molar-refractivity contribution in [2.24, 2.45) is 0 Å². The van der Waals surface area contributed by atoms with Gasteiger partial charge in [0.25, 0.3) is 0 Å². The van der Waals surface area contributed by atoms with E-state index in [0.29, 0.717) is 17.7 Å². The summed E-state index contributed by atoms with van der Waals surface area (Å²) in [4.78, 5) is 2.52. The van der Waals surface area contributed by atoms with Crippen LogP contribution in [0.3, 0.4) is 0 Å². The van der Waals surface area contributed by atoms with Gasteiger partial charge in [0.15, 0.2) is 0 Å². The van der Waals surface area contributed by atoms with Crippen LogP contribution in [0.5, 0.6) is 0 Å². The molecule has 0 aromatic heterocycles. The fourth-order valence-electron chi connectivity index (χ4n) is 1.80. The molecule has 0 radical (unpaired) electrons. The van der Waals surface area contributed by atoms with E-state index in [9.17, 15) is 0 Å². The Labute approximate surface area is 82.3 Å². The summed E-state index contributed by atoms with van der Waals surface area (Å²) < 4.78 is 5.63. The normalized spacial score (nSPS) is 24.9. The zero-order valence-electron chi connectivity index (χ0n) is 9.63. The van der Waals surface area contributed by atoms with E-state index in [4.69, 9.17) is 4.74 Å². The average molecular weight is 185 g/mol. The minimum atomic E-state index is 0.309. The third kappa shape index (κ3) is 2.96. The van der Waals surface area contributed by atoms with Crippen LogP contribution < -0.4 is 0 Å². The number of rotatable bonds is 3. The molecule has 1 unspecified atom stereocenters. The first kappa shape index (κ1) is 11.0. The summed E-state index contributed by atoms with van der Waals surface area (Å²) in [5.74, 6) is 0. The molecule has 78 valence electrons. The number of nitrogens with zero attached hydrogens (tertiary/aromatic N) is 1. The van der Waals surface area contributed by atoms with E-state index < -0.39 is 0 Å². The van der Waals surface area contributed by atoms with Crippen molar-refractivity contribution in [1.29, 1.82) is 0 Å². The van der Waals surface area contributed by atoms with Crippen LogP contribution in [-0.2, 0) is 4.74 Å². The zero-order valence-corrected chi connectivity index (χ0v) is 9.63. The number of hydrogen-bond donors (Lipinski definition) is 0. The summed E-state index contributed by atoms with van der Waals surface area (Å²) in [6.07, 6.45) is 1.66. The van der Waals surface area contributed by atoms with E-state index in [0.717, 1.165) is 6.61 Å². The van der Waals surface area contributed by atoms with Gasteiger partial charge >= 0.3 is 0 Å². The van der Waals surface area contributed by atoms with Crippen molar-refractivity contribution < 1.29 is 4.74 Å². The molecule has 0 N–H and O–H groups in total. The second kappa shape index (κ2) is 3.97. The molecular weight excluding hydrogens is 162 g/mol. The van der Waals surface area contributed by atoms with Gasteiger partial charge in [-0.2, -0.15) is 0 Å². The van der Waals surface area contributed by atoms with Gasteiger partial charge in [0, 0.05) is 18.1 Å². The molecule has 1 rings (SSSR count). The van der Waals surface area contributed by atoms with Crippen LogP contribution in [0.25, 0.3) is 0 Å². The Kier molecular flexibility index (Phi) is 3.36. The van der Waals surface area contributed by atoms with E-state index in [1.165, 1.54) is 13.0 Å². The second-order valence-electron chi connectivity index (χ2n) is 5.19. The summed E-state index contributed by atoms with van der Waals surface area (Å²) in [6, 6.07) is 0.655. The second-order valence-corrected chi connectivity index (χ2v) is 5.19. The summed E-state index contributed by atoms with van der Waals surface area (Å²) in [5, 5.41) is 0. The molecule has 0 aliphatic carbocycles. The lowest BCUT2D eigenvalue weighted by Crippen LogP contribution is -2.58. The van der Waals surface area contributed by atoms with Gasteiger partial charge in [-0.05, 0) is 41.0 Å². The van der Waals surface area contributed by atoms with Gasteiger partial charge in [-0.1, -0.05) is 0 Å².